The van der Waals surface area contributed by atoms with Crippen LogP contribution in [0.25, 0.3) is 0 Å². The zero-order valence-corrected chi connectivity index (χ0v) is 13.9. The van der Waals surface area contributed by atoms with E-state index in [1.807, 2.05) is 24.3 Å². The molecule has 0 unspecified atom stereocenters. The molecule has 25 heavy (non-hydrogen) atoms. The van der Waals surface area contributed by atoms with Crippen molar-refractivity contribution in [1.82, 2.24) is 9.97 Å². The minimum Gasteiger partial charge on any atom is -0.378 e. The van der Waals surface area contributed by atoms with Crippen LogP contribution in [0.5, 0.6) is 0 Å². The van der Waals surface area contributed by atoms with E-state index in [1.54, 1.807) is 12.4 Å². The number of carbonyl (C=O) groups is 1. The number of ether oxygens (including phenoxy) is 1. The highest BCUT2D eigenvalue weighted by atomic mass is 16.5. The van der Waals surface area contributed by atoms with Gasteiger partial charge in [0, 0.05) is 31.5 Å². The minimum absolute atomic E-state index is 0.210. The van der Waals surface area contributed by atoms with Crippen LogP contribution in [0.2, 0.25) is 0 Å². The summed E-state index contributed by atoms with van der Waals surface area (Å²) in [6, 6.07) is 8.30. The Morgan fingerprint density at radius 2 is 1.84 bits per heavy atom. The minimum atomic E-state index is -0.210. The Labute approximate surface area is 146 Å². The molecule has 1 aromatic carbocycles. The summed E-state index contributed by atoms with van der Waals surface area (Å²) in [7, 11) is 0. The molecule has 0 atom stereocenters. The lowest BCUT2D eigenvalue weighted by atomic mass is 10.2. The monoisotopic (exact) mass is 339 g/mol. The molecule has 1 aliphatic carbocycles. The van der Waals surface area contributed by atoms with Crippen LogP contribution in [0.15, 0.2) is 36.7 Å². The predicted octanol–water partition coefficient (Wildman–Crippen LogP) is 2.14. The number of morpholine rings is 1. The van der Waals surface area contributed by atoms with Crippen LogP contribution >= 0.6 is 0 Å². The molecule has 2 aliphatic rings. The molecule has 1 aromatic heterocycles. The Morgan fingerprint density at radius 3 is 2.56 bits per heavy atom. The topological polar surface area (TPSA) is 79.4 Å². The van der Waals surface area contributed by atoms with Gasteiger partial charge in [-0.15, -0.1) is 0 Å². The Kier molecular flexibility index (Phi) is 4.47. The van der Waals surface area contributed by atoms with Gasteiger partial charge in [-0.3, -0.25) is 4.79 Å². The second-order valence-corrected chi connectivity index (χ2v) is 6.28. The molecule has 2 aromatic rings. The fraction of sp³-hybridized carbons (Fsp3) is 0.389. The first-order valence-corrected chi connectivity index (χ1v) is 8.61. The normalized spacial score (nSPS) is 17.2. The second kappa shape index (κ2) is 7.06. The first-order valence-electron chi connectivity index (χ1n) is 8.61. The number of hydrogen-bond acceptors (Lipinski definition) is 6. The first kappa shape index (κ1) is 15.8. The highest BCUT2D eigenvalue weighted by Gasteiger charge is 2.22. The highest BCUT2D eigenvalue weighted by molar-refractivity contribution is 6.05. The van der Waals surface area contributed by atoms with E-state index in [1.165, 1.54) is 0 Å². The summed E-state index contributed by atoms with van der Waals surface area (Å²) in [5.41, 5.74) is 2.24. The molecule has 1 aliphatic heterocycles. The van der Waals surface area contributed by atoms with E-state index in [2.05, 4.69) is 25.5 Å². The van der Waals surface area contributed by atoms with Crippen LogP contribution in [0.4, 0.5) is 17.3 Å². The summed E-state index contributed by atoms with van der Waals surface area (Å²) in [6.45, 7) is 3.03. The van der Waals surface area contributed by atoms with Crippen molar-refractivity contribution in [2.24, 2.45) is 0 Å². The molecular weight excluding hydrogens is 318 g/mol. The van der Waals surface area contributed by atoms with Crippen molar-refractivity contribution in [1.29, 1.82) is 0 Å². The van der Waals surface area contributed by atoms with Crippen molar-refractivity contribution in [2.75, 3.05) is 41.8 Å². The summed E-state index contributed by atoms with van der Waals surface area (Å²) in [5, 5.41) is 6.19. The van der Waals surface area contributed by atoms with Gasteiger partial charge in [0.2, 0.25) is 5.95 Å². The summed E-state index contributed by atoms with van der Waals surface area (Å²) >= 11 is 0. The molecule has 1 saturated carbocycles. The third-order valence-electron chi connectivity index (χ3n) is 4.33. The molecule has 4 rings (SSSR count). The Morgan fingerprint density at radius 1 is 1.12 bits per heavy atom. The zero-order chi connectivity index (χ0) is 17.1. The van der Waals surface area contributed by atoms with Gasteiger partial charge in [-0.2, -0.15) is 0 Å². The zero-order valence-electron chi connectivity index (χ0n) is 13.9. The molecule has 2 N–H and O–H groups in total. The highest BCUT2D eigenvalue weighted by Crippen LogP contribution is 2.27. The van der Waals surface area contributed by atoms with E-state index in [4.69, 9.17) is 4.74 Å². The first-order chi connectivity index (χ1) is 12.3. The average molecular weight is 339 g/mol. The van der Waals surface area contributed by atoms with Crippen LogP contribution in [-0.2, 0) is 4.74 Å². The number of aromatic nitrogens is 2. The quantitative estimate of drug-likeness (QED) is 0.869. The van der Waals surface area contributed by atoms with Gasteiger partial charge < -0.3 is 20.3 Å². The van der Waals surface area contributed by atoms with Crippen LogP contribution < -0.4 is 15.5 Å². The van der Waals surface area contributed by atoms with Crippen molar-refractivity contribution in [3.8, 4) is 0 Å². The lowest BCUT2D eigenvalue weighted by Gasteiger charge is -2.30. The van der Waals surface area contributed by atoms with Gasteiger partial charge in [0.1, 0.15) is 0 Å². The van der Waals surface area contributed by atoms with E-state index < -0.39 is 0 Å². The molecule has 1 saturated heterocycles. The van der Waals surface area contributed by atoms with E-state index >= 15 is 0 Å². The van der Waals surface area contributed by atoms with Crippen molar-refractivity contribution in [2.45, 2.75) is 18.9 Å². The van der Waals surface area contributed by atoms with Gasteiger partial charge >= 0.3 is 0 Å². The lowest BCUT2D eigenvalue weighted by Crippen LogP contribution is -2.36. The lowest BCUT2D eigenvalue weighted by molar-refractivity contribution is 0.102. The second-order valence-electron chi connectivity index (χ2n) is 6.28. The molecule has 0 bridgehead atoms. The van der Waals surface area contributed by atoms with Gasteiger partial charge in [-0.05, 0) is 25.0 Å². The predicted molar refractivity (Wildman–Crippen MR) is 96.1 cm³/mol. The van der Waals surface area contributed by atoms with E-state index in [-0.39, 0.29) is 5.91 Å². The molecule has 0 spiro atoms. The van der Waals surface area contributed by atoms with Gasteiger partial charge in [0.25, 0.3) is 5.91 Å². The molecule has 130 valence electrons. The fourth-order valence-electron chi connectivity index (χ4n) is 2.78. The summed E-state index contributed by atoms with van der Waals surface area (Å²) in [4.78, 5) is 23.2. The Hall–Kier alpha value is -2.67. The van der Waals surface area contributed by atoms with Gasteiger partial charge in [0.05, 0.1) is 30.2 Å². The Bertz CT molecular complexity index is 739. The average Bonchev–Trinajstić information content (AvgIpc) is 3.47. The molecule has 7 nitrogen and oxygen atoms in total. The number of rotatable bonds is 5. The number of nitrogens with one attached hydrogen (secondary N) is 2. The van der Waals surface area contributed by atoms with Crippen molar-refractivity contribution in [3.05, 3.63) is 42.2 Å². The fourth-order valence-corrected chi connectivity index (χ4v) is 2.78. The van der Waals surface area contributed by atoms with Gasteiger partial charge in [-0.1, -0.05) is 12.1 Å². The van der Waals surface area contributed by atoms with Crippen molar-refractivity contribution < 1.29 is 9.53 Å². The number of anilines is 3. The molecule has 2 fully saturated rings. The molecule has 0 radical (unpaired) electrons. The number of hydrogen-bond donors (Lipinski definition) is 2. The van der Waals surface area contributed by atoms with E-state index in [0.717, 1.165) is 37.3 Å². The largest absolute Gasteiger partial charge is 0.378 e. The Balaban J connectivity index is 1.46. The number of benzene rings is 1. The van der Waals surface area contributed by atoms with Crippen molar-refractivity contribution in [3.63, 3.8) is 0 Å². The number of amides is 1. The smallest absolute Gasteiger partial charge is 0.258 e. The van der Waals surface area contributed by atoms with E-state index in [9.17, 15) is 4.79 Å². The molecule has 7 heteroatoms. The number of nitrogens with zero attached hydrogens (tertiary/aromatic N) is 3. The summed E-state index contributed by atoms with van der Waals surface area (Å²) in [6.07, 6.45) is 5.43. The SMILES string of the molecule is O=C(Nc1ccccc1N1CCOCC1)c1cnc(NC2CC2)nc1. The molecular formula is C18H21N5O2. The molecule has 2 heterocycles. The summed E-state index contributed by atoms with van der Waals surface area (Å²) < 4.78 is 5.40. The maximum atomic E-state index is 12.5. The van der Waals surface area contributed by atoms with Crippen LogP contribution in [0.3, 0.4) is 0 Å². The summed E-state index contributed by atoms with van der Waals surface area (Å²) in [5.74, 6) is 0.367. The maximum absolute atomic E-state index is 12.5. The van der Waals surface area contributed by atoms with E-state index in [0.29, 0.717) is 30.8 Å². The maximum Gasteiger partial charge on any atom is 0.258 e. The van der Waals surface area contributed by atoms with Gasteiger partial charge in [0.15, 0.2) is 0 Å². The number of carbonyl (C=O) groups excluding carboxylic acids is 1. The van der Waals surface area contributed by atoms with Crippen molar-refractivity contribution >= 4 is 23.2 Å². The third-order valence-corrected chi connectivity index (χ3v) is 4.33. The van der Waals surface area contributed by atoms with Crippen LogP contribution in [-0.4, -0.2) is 48.2 Å². The standard InChI is InChI=1S/C18H21N5O2/c24-17(13-11-19-18(20-12-13)21-14-5-6-14)22-15-3-1-2-4-16(15)23-7-9-25-10-8-23/h1-4,11-12,14H,5-10H2,(H,22,24)(H,19,20,21). The van der Waals surface area contributed by atoms with Crippen LogP contribution in [0, 0.1) is 0 Å². The third kappa shape index (κ3) is 3.88. The van der Waals surface area contributed by atoms with Gasteiger partial charge in [-0.25, -0.2) is 9.97 Å². The van der Waals surface area contributed by atoms with Crippen LogP contribution in [0.1, 0.15) is 23.2 Å². The molecule has 1 amide bonds. The number of para-hydroxylation sites is 2.